The molecule has 0 bridgehead atoms. The van der Waals surface area contributed by atoms with Crippen molar-refractivity contribution in [3.05, 3.63) is 10.6 Å². The first-order valence-electron chi connectivity index (χ1n) is 7.85. The maximum absolute atomic E-state index is 5.01. The lowest BCUT2D eigenvalue weighted by Crippen LogP contribution is -2.31. The van der Waals surface area contributed by atoms with Crippen LogP contribution in [0.3, 0.4) is 0 Å². The molecule has 3 aliphatic rings. The molecule has 1 saturated heterocycles. The van der Waals surface area contributed by atoms with Crippen LogP contribution in [0.1, 0.15) is 48.6 Å². The van der Waals surface area contributed by atoms with Gasteiger partial charge < -0.3 is 10.2 Å². The standard InChI is InChI=1S/C15H23N3S2/c1-18(12-6-7-19-9-12)15-17-14(10-2-3-10)13(20-15)8-16-11-4-5-11/h10-12,16H,2-9H2,1H3. The highest BCUT2D eigenvalue weighted by atomic mass is 32.2. The average Bonchev–Trinajstić information content (AvgIpc) is 3.38. The number of nitrogens with one attached hydrogen (secondary N) is 1. The summed E-state index contributed by atoms with van der Waals surface area (Å²) < 4.78 is 0. The van der Waals surface area contributed by atoms with Crippen LogP contribution in [0, 0.1) is 0 Å². The quantitative estimate of drug-likeness (QED) is 0.873. The molecule has 2 heterocycles. The maximum Gasteiger partial charge on any atom is 0.185 e. The summed E-state index contributed by atoms with van der Waals surface area (Å²) in [6.07, 6.45) is 6.74. The molecule has 1 unspecified atom stereocenters. The number of aromatic nitrogens is 1. The van der Waals surface area contributed by atoms with Crippen molar-refractivity contribution in [2.75, 3.05) is 23.5 Å². The summed E-state index contributed by atoms with van der Waals surface area (Å²) in [5.41, 5.74) is 1.41. The first-order chi connectivity index (χ1) is 9.81. The second-order valence-corrected chi connectivity index (χ2v) is 8.57. The smallest absolute Gasteiger partial charge is 0.185 e. The van der Waals surface area contributed by atoms with Gasteiger partial charge in [-0.1, -0.05) is 0 Å². The Morgan fingerprint density at radius 2 is 2.10 bits per heavy atom. The maximum atomic E-state index is 5.01. The van der Waals surface area contributed by atoms with Gasteiger partial charge >= 0.3 is 0 Å². The average molecular weight is 310 g/mol. The van der Waals surface area contributed by atoms with Crippen LogP contribution in [-0.2, 0) is 6.54 Å². The van der Waals surface area contributed by atoms with Crippen molar-refractivity contribution in [3.8, 4) is 0 Å². The van der Waals surface area contributed by atoms with E-state index in [0.717, 1.165) is 18.5 Å². The van der Waals surface area contributed by atoms with Gasteiger partial charge in [0.15, 0.2) is 5.13 Å². The minimum atomic E-state index is 0.697. The van der Waals surface area contributed by atoms with Crippen molar-refractivity contribution in [2.24, 2.45) is 0 Å². The molecule has 1 aliphatic heterocycles. The third kappa shape index (κ3) is 2.85. The van der Waals surface area contributed by atoms with Crippen LogP contribution < -0.4 is 10.2 Å². The summed E-state index contributed by atoms with van der Waals surface area (Å²) in [5, 5.41) is 4.92. The van der Waals surface area contributed by atoms with Gasteiger partial charge in [-0.3, -0.25) is 0 Å². The topological polar surface area (TPSA) is 28.2 Å². The van der Waals surface area contributed by atoms with E-state index in [-0.39, 0.29) is 0 Å². The molecule has 0 spiro atoms. The molecular formula is C15H23N3S2. The second-order valence-electron chi connectivity index (χ2n) is 6.36. The molecule has 2 aliphatic carbocycles. The summed E-state index contributed by atoms with van der Waals surface area (Å²) in [5.74, 6) is 3.35. The molecule has 3 fully saturated rings. The monoisotopic (exact) mass is 309 g/mol. The van der Waals surface area contributed by atoms with Gasteiger partial charge in [0.1, 0.15) is 0 Å². The van der Waals surface area contributed by atoms with E-state index >= 15 is 0 Å². The van der Waals surface area contributed by atoms with Gasteiger partial charge in [0, 0.05) is 42.2 Å². The van der Waals surface area contributed by atoms with Gasteiger partial charge in [-0.15, -0.1) is 11.3 Å². The number of thiazole rings is 1. The zero-order valence-electron chi connectivity index (χ0n) is 12.1. The third-order valence-corrected chi connectivity index (χ3v) is 6.87. The van der Waals surface area contributed by atoms with Crippen molar-refractivity contribution in [2.45, 2.75) is 56.7 Å². The Hall–Kier alpha value is -0.260. The lowest BCUT2D eigenvalue weighted by atomic mass is 10.2. The number of hydrogen-bond acceptors (Lipinski definition) is 5. The Balaban J connectivity index is 1.51. The predicted octanol–water partition coefficient (Wildman–Crippen LogP) is 3.21. The Labute approximate surface area is 129 Å². The van der Waals surface area contributed by atoms with Crippen molar-refractivity contribution < 1.29 is 0 Å². The zero-order chi connectivity index (χ0) is 13.5. The molecule has 5 heteroatoms. The normalized spacial score (nSPS) is 26.1. The van der Waals surface area contributed by atoms with Crippen LogP contribution in [0.25, 0.3) is 0 Å². The molecule has 2 saturated carbocycles. The summed E-state index contributed by atoms with van der Waals surface area (Å²) in [6, 6.07) is 1.49. The van der Waals surface area contributed by atoms with E-state index in [4.69, 9.17) is 4.98 Å². The Morgan fingerprint density at radius 1 is 1.25 bits per heavy atom. The van der Waals surface area contributed by atoms with Crippen molar-refractivity contribution in [1.82, 2.24) is 10.3 Å². The molecule has 1 atom stereocenters. The third-order valence-electron chi connectivity index (χ3n) is 4.56. The molecular weight excluding hydrogens is 286 g/mol. The van der Waals surface area contributed by atoms with E-state index < -0.39 is 0 Å². The highest BCUT2D eigenvalue weighted by Gasteiger charge is 2.32. The lowest BCUT2D eigenvalue weighted by molar-refractivity contribution is 0.686. The van der Waals surface area contributed by atoms with E-state index in [1.165, 1.54) is 59.3 Å². The number of thioether (sulfide) groups is 1. The first-order valence-corrected chi connectivity index (χ1v) is 9.82. The molecule has 1 N–H and O–H groups in total. The number of rotatable bonds is 6. The van der Waals surface area contributed by atoms with E-state index in [0.29, 0.717) is 6.04 Å². The van der Waals surface area contributed by atoms with Crippen molar-refractivity contribution >= 4 is 28.2 Å². The molecule has 1 aromatic rings. The Morgan fingerprint density at radius 3 is 2.75 bits per heavy atom. The summed E-state index contributed by atoms with van der Waals surface area (Å²) >= 11 is 4.02. The van der Waals surface area contributed by atoms with Gasteiger partial charge in [0.25, 0.3) is 0 Å². The summed E-state index contributed by atoms with van der Waals surface area (Å²) in [4.78, 5) is 8.96. The fourth-order valence-corrected chi connectivity index (χ4v) is 5.21. The molecule has 1 aromatic heterocycles. The van der Waals surface area contributed by atoms with Gasteiger partial charge in [-0.2, -0.15) is 11.8 Å². The van der Waals surface area contributed by atoms with Crippen LogP contribution in [0.5, 0.6) is 0 Å². The van der Waals surface area contributed by atoms with Crippen LogP contribution >= 0.6 is 23.1 Å². The zero-order valence-corrected chi connectivity index (χ0v) is 13.7. The number of anilines is 1. The highest BCUT2D eigenvalue weighted by Crippen LogP contribution is 2.44. The van der Waals surface area contributed by atoms with E-state index in [9.17, 15) is 0 Å². The van der Waals surface area contributed by atoms with Crippen LogP contribution in [0.15, 0.2) is 0 Å². The predicted molar refractivity (Wildman–Crippen MR) is 88.1 cm³/mol. The number of hydrogen-bond donors (Lipinski definition) is 1. The fourth-order valence-electron chi connectivity index (χ4n) is 2.81. The van der Waals surface area contributed by atoms with E-state index in [1.807, 2.05) is 11.3 Å². The van der Waals surface area contributed by atoms with Crippen molar-refractivity contribution in [3.63, 3.8) is 0 Å². The first kappa shape index (κ1) is 13.4. The van der Waals surface area contributed by atoms with Crippen LogP contribution in [0.2, 0.25) is 0 Å². The molecule has 0 radical (unpaired) electrons. The molecule has 4 rings (SSSR count). The van der Waals surface area contributed by atoms with Gasteiger partial charge in [0.05, 0.1) is 5.69 Å². The minimum Gasteiger partial charge on any atom is -0.347 e. The van der Waals surface area contributed by atoms with Gasteiger partial charge in [-0.05, 0) is 37.9 Å². The van der Waals surface area contributed by atoms with E-state index in [1.54, 1.807) is 0 Å². The lowest BCUT2D eigenvalue weighted by Gasteiger charge is -2.22. The largest absolute Gasteiger partial charge is 0.347 e. The Bertz CT molecular complexity index is 473. The SMILES string of the molecule is CN(c1nc(C2CC2)c(CNC2CC2)s1)C1CCSC1. The Kier molecular flexibility index (Phi) is 3.69. The second kappa shape index (κ2) is 5.50. The molecule has 3 nitrogen and oxygen atoms in total. The molecule has 0 amide bonds. The van der Waals surface area contributed by atoms with Crippen LogP contribution in [-0.4, -0.2) is 35.6 Å². The van der Waals surface area contributed by atoms with Crippen molar-refractivity contribution in [1.29, 1.82) is 0 Å². The number of nitrogens with zero attached hydrogens (tertiary/aromatic N) is 2. The van der Waals surface area contributed by atoms with Gasteiger partial charge in [0.2, 0.25) is 0 Å². The van der Waals surface area contributed by atoms with E-state index in [2.05, 4.69) is 29.0 Å². The fraction of sp³-hybridized carbons (Fsp3) is 0.800. The molecule has 20 heavy (non-hydrogen) atoms. The minimum absolute atomic E-state index is 0.697. The molecule has 0 aromatic carbocycles. The summed E-state index contributed by atoms with van der Waals surface area (Å²) in [7, 11) is 2.24. The molecule has 110 valence electrons. The summed E-state index contributed by atoms with van der Waals surface area (Å²) in [6.45, 7) is 1.04. The highest BCUT2D eigenvalue weighted by molar-refractivity contribution is 7.99. The van der Waals surface area contributed by atoms with Gasteiger partial charge in [-0.25, -0.2) is 4.98 Å². The van der Waals surface area contributed by atoms with Crippen LogP contribution in [0.4, 0.5) is 5.13 Å².